The van der Waals surface area contributed by atoms with Crippen molar-refractivity contribution in [3.8, 4) is 0 Å². The molecule has 0 saturated carbocycles. The molecule has 0 nitrogen and oxygen atoms in total. The van der Waals surface area contributed by atoms with Crippen LogP contribution in [0.1, 0.15) is 103 Å². The van der Waals surface area contributed by atoms with Crippen molar-refractivity contribution in [2.24, 2.45) is 17.8 Å². The highest BCUT2D eigenvalue weighted by molar-refractivity contribution is 5.21. The van der Waals surface area contributed by atoms with Crippen molar-refractivity contribution >= 4 is 0 Å². The summed E-state index contributed by atoms with van der Waals surface area (Å²) in [5.41, 5.74) is 3.40. The zero-order valence-corrected chi connectivity index (χ0v) is 17.1. The molecule has 1 aliphatic carbocycles. The molecule has 0 fully saturated rings. The Balaban J connectivity index is -0.000000138. The van der Waals surface area contributed by atoms with E-state index in [4.69, 9.17) is 0 Å². The van der Waals surface area contributed by atoms with Gasteiger partial charge < -0.3 is 0 Å². The maximum Gasteiger partial charge on any atom is -0.0226 e. The third kappa shape index (κ3) is 11.6. The van der Waals surface area contributed by atoms with Gasteiger partial charge in [-0.2, -0.15) is 0 Å². The second-order valence-corrected chi connectivity index (χ2v) is 4.67. The van der Waals surface area contributed by atoms with Gasteiger partial charge in [-0.25, -0.2) is 0 Å². The van der Waals surface area contributed by atoms with Gasteiger partial charge in [-0.05, 0) is 37.5 Å². The predicted octanol–water partition coefficient (Wildman–Crippen LogP) is 8.13. The number of hydrogen-bond acceptors (Lipinski definition) is 0. The van der Waals surface area contributed by atoms with Crippen LogP contribution in [0, 0.1) is 17.8 Å². The minimum absolute atomic E-state index is 0.753. The van der Waals surface area contributed by atoms with Gasteiger partial charge in [0.25, 0.3) is 0 Å². The highest BCUT2D eigenvalue weighted by Gasteiger charge is 2.23. The molecule has 0 amide bonds. The molecule has 2 atom stereocenters. The van der Waals surface area contributed by atoms with E-state index in [1.54, 1.807) is 11.1 Å². The third-order valence-corrected chi connectivity index (χ3v) is 3.38. The molecule has 126 valence electrons. The molecule has 0 aromatic heterocycles. The lowest BCUT2D eigenvalue weighted by Crippen LogP contribution is -2.17. The first kappa shape index (κ1) is 28.0. The van der Waals surface area contributed by atoms with Gasteiger partial charge >= 0.3 is 0 Å². The molecule has 1 aliphatic rings. The number of allylic oxidation sites excluding steroid dienone is 2. The molecular formula is C20H46. The van der Waals surface area contributed by atoms with Gasteiger partial charge in [0.05, 0.1) is 0 Å². The van der Waals surface area contributed by atoms with Crippen LogP contribution < -0.4 is 0 Å². The fraction of sp³-hybridized carbons (Fsp3) is 0.900. The highest BCUT2D eigenvalue weighted by atomic mass is 14.3. The summed E-state index contributed by atoms with van der Waals surface area (Å²) in [5.74, 6) is 2.42. The molecule has 0 heteroatoms. The lowest BCUT2D eigenvalue weighted by molar-refractivity contribution is 0.422. The van der Waals surface area contributed by atoms with Crippen molar-refractivity contribution in [3.05, 3.63) is 11.1 Å². The molecule has 0 bridgehead atoms. The van der Waals surface area contributed by atoms with Gasteiger partial charge in [0.2, 0.25) is 0 Å². The normalized spacial score (nSPS) is 20.1. The first-order chi connectivity index (χ1) is 9.54. The van der Waals surface area contributed by atoms with Crippen molar-refractivity contribution in [2.45, 2.75) is 103 Å². The van der Waals surface area contributed by atoms with Crippen molar-refractivity contribution in [1.82, 2.24) is 0 Å². The summed E-state index contributed by atoms with van der Waals surface area (Å²) in [5, 5.41) is 0. The standard InChI is InChI=1S/C12H22.4C2H6/c1-8(2)12-10(4)7-6-9(3)11(12)5;4*1-2/h8-10H,6-7H2,1-5H3;4*1-2H3. The average Bonchev–Trinajstić information content (AvgIpc) is 2.51. The van der Waals surface area contributed by atoms with Gasteiger partial charge in [-0.15, -0.1) is 0 Å². The summed E-state index contributed by atoms with van der Waals surface area (Å²) in [6.45, 7) is 27.7. The van der Waals surface area contributed by atoms with E-state index in [0.717, 1.165) is 17.8 Å². The Labute approximate surface area is 132 Å². The molecular weight excluding hydrogens is 240 g/mol. The van der Waals surface area contributed by atoms with Gasteiger partial charge in [0.1, 0.15) is 0 Å². The molecule has 0 aliphatic heterocycles. The minimum Gasteiger partial charge on any atom is -0.0708 e. The Morgan fingerprint density at radius 2 is 1.00 bits per heavy atom. The Bertz CT molecular complexity index is 186. The van der Waals surface area contributed by atoms with E-state index < -0.39 is 0 Å². The maximum absolute atomic E-state index is 2.38. The number of hydrogen-bond donors (Lipinski definition) is 0. The van der Waals surface area contributed by atoms with E-state index in [1.165, 1.54) is 12.8 Å². The fourth-order valence-corrected chi connectivity index (χ4v) is 2.57. The Morgan fingerprint density at radius 1 is 0.700 bits per heavy atom. The highest BCUT2D eigenvalue weighted by Crippen LogP contribution is 2.37. The van der Waals surface area contributed by atoms with Crippen LogP contribution >= 0.6 is 0 Å². The molecule has 0 aromatic rings. The largest absolute Gasteiger partial charge is 0.0708 e. The fourth-order valence-electron chi connectivity index (χ4n) is 2.57. The molecule has 0 spiro atoms. The third-order valence-electron chi connectivity index (χ3n) is 3.38. The van der Waals surface area contributed by atoms with Crippen LogP contribution in [0.25, 0.3) is 0 Å². The van der Waals surface area contributed by atoms with Crippen molar-refractivity contribution in [3.63, 3.8) is 0 Å². The summed E-state index contributed by atoms with van der Waals surface area (Å²) in [7, 11) is 0. The molecule has 20 heavy (non-hydrogen) atoms. The monoisotopic (exact) mass is 286 g/mol. The molecule has 0 N–H and O–H groups in total. The van der Waals surface area contributed by atoms with Crippen LogP contribution in [0.3, 0.4) is 0 Å². The van der Waals surface area contributed by atoms with Gasteiger partial charge in [-0.3, -0.25) is 0 Å². The second kappa shape index (κ2) is 21.0. The molecule has 0 aromatic carbocycles. The summed E-state index contributed by atoms with van der Waals surface area (Å²) in [6.07, 6.45) is 2.79. The smallest absolute Gasteiger partial charge is 0.0226 e. The summed E-state index contributed by atoms with van der Waals surface area (Å²) < 4.78 is 0. The van der Waals surface area contributed by atoms with Crippen molar-refractivity contribution < 1.29 is 0 Å². The topological polar surface area (TPSA) is 0 Å². The minimum atomic E-state index is 0.753. The first-order valence-electron chi connectivity index (χ1n) is 9.24. The lowest BCUT2D eigenvalue weighted by Gasteiger charge is -2.31. The molecule has 0 heterocycles. The quantitative estimate of drug-likeness (QED) is 0.427. The SMILES string of the molecule is CC.CC.CC.CC.CC1=C(C(C)C)C(C)CCC1C. The van der Waals surface area contributed by atoms with Gasteiger partial charge in [-0.1, -0.05) is 94.2 Å². The Hall–Kier alpha value is -0.260. The van der Waals surface area contributed by atoms with Gasteiger partial charge in [0.15, 0.2) is 0 Å². The van der Waals surface area contributed by atoms with Crippen LogP contribution in [-0.2, 0) is 0 Å². The van der Waals surface area contributed by atoms with Gasteiger partial charge in [0, 0.05) is 0 Å². The van der Waals surface area contributed by atoms with E-state index in [0.29, 0.717) is 0 Å². The summed E-state index contributed by atoms with van der Waals surface area (Å²) in [6, 6.07) is 0. The van der Waals surface area contributed by atoms with Crippen molar-refractivity contribution in [2.75, 3.05) is 0 Å². The molecule has 0 saturated heterocycles. The summed E-state index contributed by atoms with van der Waals surface area (Å²) in [4.78, 5) is 0. The Morgan fingerprint density at radius 3 is 1.25 bits per heavy atom. The lowest BCUT2D eigenvalue weighted by atomic mass is 9.75. The van der Waals surface area contributed by atoms with Crippen LogP contribution in [0.5, 0.6) is 0 Å². The average molecular weight is 287 g/mol. The zero-order chi connectivity index (χ0) is 17.3. The van der Waals surface area contributed by atoms with E-state index in [1.807, 2.05) is 55.4 Å². The molecule has 2 unspecified atom stereocenters. The molecule has 1 rings (SSSR count). The van der Waals surface area contributed by atoms with Crippen LogP contribution in [0.2, 0.25) is 0 Å². The van der Waals surface area contributed by atoms with E-state index >= 15 is 0 Å². The van der Waals surface area contributed by atoms with E-state index in [9.17, 15) is 0 Å². The van der Waals surface area contributed by atoms with Crippen LogP contribution in [-0.4, -0.2) is 0 Å². The second-order valence-electron chi connectivity index (χ2n) is 4.67. The van der Waals surface area contributed by atoms with E-state index in [-0.39, 0.29) is 0 Å². The first-order valence-corrected chi connectivity index (χ1v) is 9.24. The van der Waals surface area contributed by atoms with Crippen LogP contribution in [0.15, 0.2) is 11.1 Å². The van der Waals surface area contributed by atoms with E-state index in [2.05, 4.69) is 34.6 Å². The van der Waals surface area contributed by atoms with Crippen molar-refractivity contribution in [1.29, 1.82) is 0 Å². The molecule has 0 radical (unpaired) electrons. The maximum atomic E-state index is 2.38. The Kier molecular flexibility index (Phi) is 29.4. The zero-order valence-electron chi connectivity index (χ0n) is 17.1. The predicted molar refractivity (Wildman–Crippen MR) is 100 cm³/mol. The summed E-state index contributed by atoms with van der Waals surface area (Å²) >= 11 is 0. The number of rotatable bonds is 1. The van der Waals surface area contributed by atoms with Crippen LogP contribution in [0.4, 0.5) is 0 Å².